The van der Waals surface area contributed by atoms with E-state index >= 15 is 0 Å². The molecule has 0 spiro atoms. The molecule has 2 aromatic rings. The van der Waals surface area contributed by atoms with Gasteiger partial charge in [0, 0.05) is 11.4 Å². The summed E-state index contributed by atoms with van der Waals surface area (Å²) in [4.78, 5) is 28.3. The molecule has 6 nitrogen and oxygen atoms in total. The Kier molecular flexibility index (Phi) is 3.47. The Bertz CT molecular complexity index is 608. The van der Waals surface area contributed by atoms with Crippen molar-refractivity contribution in [1.82, 2.24) is 9.97 Å². The lowest BCUT2D eigenvalue weighted by Gasteiger charge is -2.01. The van der Waals surface area contributed by atoms with Crippen LogP contribution in [0.15, 0.2) is 12.1 Å². The highest BCUT2D eigenvalue weighted by molar-refractivity contribution is 6.31. The van der Waals surface area contributed by atoms with E-state index in [2.05, 4.69) is 15.3 Å². The number of hydrogen-bond acceptors (Lipinski definition) is 3. The Hall–Kier alpha value is -2.08. The van der Waals surface area contributed by atoms with Crippen molar-refractivity contribution >= 4 is 40.9 Å². The summed E-state index contributed by atoms with van der Waals surface area (Å²) in [5.74, 6) is -0.0486. The van der Waals surface area contributed by atoms with Crippen molar-refractivity contribution in [2.24, 2.45) is 5.73 Å². The number of imidazole rings is 1. The molecule has 2 amide bonds. The fraction of sp³-hybridized carbons (Fsp3) is 0.182. The first kappa shape index (κ1) is 12.4. The van der Waals surface area contributed by atoms with Crippen LogP contribution in [0.5, 0.6) is 0 Å². The molecule has 0 aliphatic heterocycles. The van der Waals surface area contributed by atoms with Gasteiger partial charge in [0.25, 0.3) is 0 Å². The maximum atomic E-state index is 10.8. The molecular weight excluding hydrogens is 256 g/mol. The van der Waals surface area contributed by atoms with Gasteiger partial charge in [0.2, 0.25) is 18.3 Å². The van der Waals surface area contributed by atoms with Crippen molar-refractivity contribution in [1.29, 1.82) is 0 Å². The van der Waals surface area contributed by atoms with E-state index in [1.165, 1.54) is 0 Å². The Labute approximate surface area is 108 Å². The average molecular weight is 267 g/mol. The monoisotopic (exact) mass is 266 g/mol. The van der Waals surface area contributed by atoms with Crippen LogP contribution < -0.4 is 11.1 Å². The summed E-state index contributed by atoms with van der Waals surface area (Å²) in [6.07, 6.45) is 1.21. The zero-order chi connectivity index (χ0) is 13.1. The van der Waals surface area contributed by atoms with Gasteiger partial charge in [-0.15, -0.1) is 0 Å². The fourth-order valence-electron chi connectivity index (χ4n) is 1.72. The van der Waals surface area contributed by atoms with Crippen LogP contribution in [0, 0.1) is 0 Å². The number of nitrogens with one attached hydrogen (secondary N) is 2. The minimum absolute atomic E-state index is 0.221. The van der Waals surface area contributed by atoms with Gasteiger partial charge >= 0.3 is 0 Å². The number of fused-ring (bicyclic) bond motifs is 1. The summed E-state index contributed by atoms with van der Waals surface area (Å²) in [6.45, 7) is 0. The van der Waals surface area contributed by atoms with Crippen molar-refractivity contribution in [3.8, 4) is 0 Å². The molecule has 0 aliphatic rings. The zero-order valence-corrected chi connectivity index (χ0v) is 10.1. The molecule has 2 rings (SSSR count). The van der Waals surface area contributed by atoms with E-state index in [4.69, 9.17) is 17.3 Å². The van der Waals surface area contributed by atoms with Crippen LogP contribution in [-0.4, -0.2) is 22.3 Å². The van der Waals surface area contributed by atoms with Gasteiger partial charge < -0.3 is 10.7 Å². The SMILES string of the molecule is NC(=O)CCc1cc(Cl)cc2[nH]c(NC=O)nc12. The van der Waals surface area contributed by atoms with Crippen molar-refractivity contribution < 1.29 is 9.59 Å². The number of halogens is 1. The molecule has 0 radical (unpaired) electrons. The number of rotatable bonds is 5. The minimum atomic E-state index is -0.384. The van der Waals surface area contributed by atoms with Gasteiger partial charge in [0.1, 0.15) is 0 Å². The third-order valence-corrected chi connectivity index (χ3v) is 2.68. The number of carbonyl (C=O) groups excluding carboxylic acids is 2. The van der Waals surface area contributed by atoms with E-state index in [0.717, 1.165) is 5.56 Å². The van der Waals surface area contributed by atoms with Gasteiger partial charge in [0.15, 0.2) is 0 Å². The number of nitrogens with two attached hydrogens (primary N) is 1. The number of aryl methyl sites for hydroxylation is 1. The van der Waals surface area contributed by atoms with E-state index in [-0.39, 0.29) is 12.3 Å². The summed E-state index contributed by atoms with van der Waals surface area (Å²) < 4.78 is 0. The number of aromatic amines is 1. The van der Waals surface area contributed by atoms with Gasteiger partial charge in [-0.25, -0.2) is 4.98 Å². The maximum absolute atomic E-state index is 10.8. The van der Waals surface area contributed by atoms with Gasteiger partial charge in [-0.05, 0) is 24.1 Å². The quantitative estimate of drug-likeness (QED) is 0.709. The zero-order valence-electron chi connectivity index (χ0n) is 9.37. The summed E-state index contributed by atoms with van der Waals surface area (Å²) >= 11 is 5.97. The summed E-state index contributed by atoms with van der Waals surface area (Å²) in [5.41, 5.74) is 7.30. The standard InChI is InChI=1S/C11H11ClN4O2/c12-7-3-6(1-2-9(13)18)10-8(4-7)15-11(16-10)14-5-17/h3-5H,1-2H2,(H2,13,18)(H2,14,15,16,17). The predicted molar refractivity (Wildman–Crippen MR) is 68.3 cm³/mol. The lowest BCUT2D eigenvalue weighted by Crippen LogP contribution is -2.11. The summed E-state index contributed by atoms with van der Waals surface area (Å²) in [6, 6.07) is 3.44. The van der Waals surface area contributed by atoms with Gasteiger partial charge in [-0.2, -0.15) is 0 Å². The fourth-order valence-corrected chi connectivity index (χ4v) is 1.96. The van der Waals surface area contributed by atoms with E-state index in [9.17, 15) is 9.59 Å². The van der Waals surface area contributed by atoms with E-state index in [1.807, 2.05) is 0 Å². The van der Waals surface area contributed by atoms with Crippen LogP contribution in [0.2, 0.25) is 5.02 Å². The molecular formula is C11H11ClN4O2. The summed E-state index contributed by atoms with van der Waals surface area (Å²) in [7, 11) is 0. The van der Waals surface area contributed by atoms with Crippen LogP contribution in [0.1, 0.15) is 12.0 Å². The lowest BCUT2D eigenvalue weighted by atomic mass is 10.1. The average Bonchev–Trinajstić information content (AvgIpc) is 2.68. The van der Waals surface area contributed by atoms with Crippen LogP contribution >= 0.6 is 11.6 Å². The molecule has 0 unspecified atom stereocenters. The van der Waals surface area contributed by atoms with Crippen molar-refractivity contribution in [3.63, 3.8) is 0 Å². The Balaban J connectivity index is 2.43. The van der Waals surface area contributed by atoms with Gasteiger partial charge in [0.05, 0.1) is 11.0 Å². The number of benzene rings is 1. The lowest BCUT2D eigenvalue weighted by molar-refractivity contribution is -0.118. The molecule has 0 saturated carbocycles. The molecule has 0 aliphatic carbocycles. The number of hydrogen-bond donors (Lipinski definition) is 3. The van der Waals surface area contributed by atoms with Crippen molar-refractivity contribution in [2.75, 3.05) is 5.32 Å². The first-order valence-corrected chi connectivity index (χ1v) is 5.64. The highest BCUT2D eigenvalue weighted by atomic mass is 35.5. The molecule has 0 atom stereocenters. The number of aromatic nitrogens is 2. The van der Waals surface area contributed by atoms with E-state index in [0.29, 0.717) is 34.8 Å². The second-order valence-corrected chi connectivity index (χ2v) is 4.21. The number of amides is 2. The first-order chi connectivity index (χ1) is 8.60. The van der Waals surface area contributed by atoms with Crippen LogP contribution in [0.4, 0.5) is 5.95 Å². The maximum Gasteiger partial charge on any atom is 0.217 e. The molecule has 18 heavy (non-hydrogen) atoms. The Morgan fingerprint density at radius 2 is 2.33 bits per heavy atom. The molecule has 0 saturated heterocycles. The van der Waals surface area contributed by atoms with Crippen molar-refractivity contribution in [3.05, 3.63) is 22.7 Å². The van der Waals surface area contributed by atoms with E-state index < -0.39 is 0 Å². The number of anilines is 1. The van der Waals surface area contributed by atoms with E-state index in [1.54, 1.807) is 12.1 Å². The van der Waals surface area contributed by atoms with Gasteiger partial charge in [-0.3, -0.25) is 14.9 Å². The molecule has 94 valence electrons. The minimum Gasteiger partial charge on any atom is -0.370 e. The Morgan fingerprint density at radius 1 is 1.56 bits per heavy atom. The van der Waals surface area contributed by atoms with Gasteiger partial charge in [-0.1, -0.05) is 11.6 Å². The number of carbonyl (C=O) groups is 2. The third kappa shape index (κ3) is 2.60. The molecule has 0 fully saturated rings. The molecule has 7 heteroatoms. The number of H-pyrrole nitrogens is 1. The number of nitrogens with zero attached hydrogens (tertiary/aromatic N) is 1. The van der Waals surface area contributed by atoms with Crippen LogP contribution in [0.3, 0.4) is 0 Å². The topological polar surface area (TPSA) is 101 Å². The highest BCUT2D eigenvalue weighted by Crippen LogP contribution is 2.24. The first-order valence-electron chi connectivity index (χ1n) is 5.27. The number of primary amides is 1. The van der Waals surface area contributed by atoms with Crippen LogP contribution in [0.25, 0.3) is 11.0 Å². The molecule has 1 aromatic heterocycles. The second kappa shape index (κ2) is 5.05. The molecule has 1 heterocycles. The normalized spacial score (nSPS) is 10.5. The third-order valence-electron chi connectivity index (χ3n) is 2.47. The molecule has 1 aromatic carbocycles. The highest BCUT2D eigenvalue weighted by Gasteiger charge is 2.10. The largest absolute Gasteiger partial charge is 0.370 e. The molecule has 0 bridgehead atoms. The molecule has 4 N–H and O–H groups in total. The Morgan fingerprint density at radius 3 is 3.00 bits per heavy atom. The predicted octanol–water partition coefficient (Wildman–Crippen LogP) is 1.20. The summed E-state index contributed by atoms with van der Waals surface area (Å²) in [5, 5.41) is 2.96. The smallest absolute Gasteiger partial charge is 0.217 e. The second-order valence-electron chi connectivity index (χ2n) is 3.77. The van der Waals surface area contributed by atoms with Crippen molar-refractivity contribution in [2.45, 2.75) is 12.8 Å². The van der Waals surface area contributed by atoms with Crippen LogP contribution in [-0.2, 0) is 16.0 Å².